The monoisotopic (exact) mass is 266 g/mol. The van der Waals surface area contributed by atoms with Crippen LogP contribution in [0.4, 0.5) is 0 Å². The first-order valence-electron chi connectivity index (χ1n) is 5.77. The molecule has 0 unspecified atom stereocenters. The SMILES string of the molecule is CCN(C)CCNC(=O)c1ccc(C(N)=S)cn1. The molecule has 0 saturated heterocycles. The topological polar surface area (TPSA) is 71.2 Å². The molecular formula is C12H18N4OS. The highest BCUT2D eigenvalue weighted by Gasteiger charge is 2.07. The van der Waals surface area contributed by atoms with Gasteiger partial charge in [-0.05, 0) is 25.7 Å². The van der Waals surface area contributed by atoms with Gasteiger partial charge < -0.3 is 16.0 Å². The molecule has 0 radical (unpaired) electrons. The maximum absolute atomic E-state index is 11.7. The van der Waals surface area contributed by atoms with Crippen molar-refractivity contribution in [3.8, 4) is 0 Å². The van der Waals surface area contributed by atoms with E-state index in [1.165, 1.54) is 6.20 Å². The van der Waals surface area contributed by atoms with E-state index in [-0.39, 0.29) is 10.9 Å². The maximum atomic E-state index is 11.7. The van der Waals surface area contributed by atoms with Gasteiger partial charge >= 0.3 is 0 Å². The van der Waals surface area contributed by atoms with Crippen LogP contribution in [0.25, 0.3) is 0 Å². The Morgan fingerprint density at radius 2 is 2.28 bits per heavy atom. The fraction of sp³-hybridized carbons (Fsp3) is 0.417. The van der Waals surface area contributed by atoms with Crippen LogP contribution in [0.3, 0.4) is 0 Å². The second-order valence-electron chi connectivity index (χ2n) is 3.95. The van der Waals surface area contributed by atoms with Crippen LogP contribution in [-0.4, -0.2) is 47.5 Å². The predicted octanol–water partition coefficient (Wildman–Crippen LogP) is 0.397. The van der Waals surface area contributed by atoms with Crippen molar-refractivity contribution in [2.24, 2.45) is 5.73 Å². The molecule has 18 heavy (non-hydrogen) atoms. The minimum Gasteiger partial charge on any atom is -0.389 e. The summed E-state index contributed by atoms with van der Waals surface area (Å²) in [6.45, 7) is 4.43. The van der Waals surface area contributed by atoms with Gasteiger partial charge in [0, 0.05) is 24.8 Å². The number of hydrogen-bond donors (Lipinski definition) is 2. The van der Waals surface area contributed by atoms with E-state index in [0.29, 0.717) is 17.8 Å². The number of thiocarbonyl (C=S) groups is 1. The van der Waals surface area contributed by atoms with Crippen LogP contribution in [0.5, 0.6) is 0 Å². The lowest BCUT2D eigenvalue weighted by molar-refractivity contribution is 0.0945. The summed E-state index contributed by atoms with van der Waals surface area (Å²) in [4.78, 5) is 18.2. The van der Waals surface area contributed by atoms with Crippen molar-refractivity contribution < 1.29 is 4.79 Å². The minimum absolute atomic E-state index is 0.186. The first kappa shape index (κ1) is 14.5. The molecule has 1 aromatic rings. The van der Waals surface area contributed by atoms with Gasteiger partial charge in [-0.2, -0.15) is 0 Å². The summed E-state index contributed by atoms with van der Waals surface area (Å²) in [5.74, 6) is -0.186. The number of rotatable bonds is 6. The van der Waals surface area contributed by atoms with Crippen molar-refractivity contribution in [2.75, 3.05) is 26.7 Å². The molecule has 0 spiro atoms. The van der Waals surface area contributed by atoms with Crippen molar-refractivity contribution in [1.29, 1.82) is 0 Å². The summed E-state index contributed by atoms with van der Waals surface area (Å²) >= 11 is 4.81. The highest BCUT2D eigenvalue weighted by molar-refractivity contribution is 7.80. The van der Waals surface area contributed by atoms with Gasteiger partial charge in [-0.1, -0.05) is 19.1 Å². The Morgan fingerprint density at radius 3 is 2.78 bits per heavy atom. The van der Waals surface area contributed by atoms with Gasteiger partial charge in [0.1, 0.15) is 10.7 Å². The van der Waals surface area contributed by atoms with Crippen LogP contribution in [0, 0.1) is 0 Å². The third-order valence-electron chi connectivity index (χ3n) is 2.60. The quantitative estimate of drug-likeness (QED) is 0.729. The molecule has 0 aromatic carbocycles. The van der Waals surface area contributed by atoms with Crippen LogP contribution in [0.2, 0.25) is 0 Å². The Morgan fingerprint density at radius 1 is 1.56 bits per heavy atom. The number of likely N-dealkylation sites (N-methyl/N-ethyl adjacent to an activating group) is 1. The second-order valence-corrected chi connectivity index (χ2v) is 4.39. The smallest absolute Gasteiger partial charge is 0.269 e. The fourth-order valence-electron chi connectivity index (χ4n) is 1.28. The second kappa shape index (κ2) is 7.03. The van der Waals surface area contributed by atoms with E-state index in [2.05, 4.69) is 22.1 Å². The number of amides is 1. The molecule has 6 heteroatoms. The molecular weight excluding hydrogens is 248 g/mol. The molecule has 5 nitrogen and oxygen atoms in total. The summed E-state index contributed by atoms with van der Waals surface area (Å²) in [6.07, 6.45) is 1.51. The average Bonchev–Trinajstić information content (AvgIpc) is 2.38. The maximum Gasteiger partial charge on any atom is 0.269 e. The first-order valence-corrected chi connectivity index (χ1v) is 6.18. The standard InChI is InChI=1S/C12H18N4OS/c1-3-16(2)7-6-14-12(17)10-5-4-9(8-15-10)11(13)18/h4-5,8H,3,6-7H2,1-2H3,(H2,13,18)(H,14,17). The molecule has 0 atom stereocenters. The van der Waals surface area contributed by atoms with Crippen molar-refractivity contribution >= 4 is 23.1 Å². The Hall–Kier alpha value is -1.53. The van der Waals surface area contributed by atoms with Gasteiger partial charge in [0.25, 0.3) is 5.91 Å². The van der Waals surface area contributed by atoms with E-state index in [1.807, 2.05) is 7.05 Å². The number of nitrogens with zero attached hydrogens (tertiary/aromatic N) is 2. The summed E-state index contributed by atoms with van der Waals surface area (Å²) in [5.41, 5.74) is 6.48. The van der Waals surface area contributed by atoms with Crippen LogP contribution in [0.15, 0.2) is 18.3 Å². The van der Waals surface area contributed by atoms with Gasteiger partial charge in [-0.3, -0.25) is 9.78 Å². The largest absolute Gasteiger partial charge is 0.389 e. The molecule has 1 heterocycles. The summed E-state index contributed by atoms with van der Waals surface area (Å²) < 4.78 is 0. The Bertz CT molecular complexity index is 419. The molecule has 0 saturated carbocycles. The highest BCUT2D eigenvalue weighted by Crippen LogP contribution is 2.00. The van der Waals surface area contributed by atoms with E-state index in [9.17, 15) is 4.79 Å². The Kier molecular flexibility index (Phi) is 5.67. The number of aromatic nitrogens is 1. The first-order chi connectivity index (χ1) is 8.54. The molecule has 0 aliphatic heterocycles. The number of hydrogen-bond acceptors (Lipinski definition) is 4. The number of carbonyl (C=O) groups is 1. The van der Waals surface area contributed by atoms with Gasteiger partial charge in [-0.25, -0.2) is 0 Å². The van der Waals surface area contributed by atoms with Crippen LogP contribution >= 0.6 is 12.2 Å². The summed E-state index contributed by atoms with van der Waals surface area (Å²) in [5, 5.41) is 2.81. The molecule has 3 N–H and O–H groups in total. The number of pyridine rings is 1. The van der Waals surface area contributed by atoms with E-state index < -0.39 is 0 Å². The van der Waals surface area contributed by atoms with Crippen LogP contribution in [0.1, 0.15) is 23.0 Å². The van der Waals surface area contributed by atoms with Gasteiger partial charge in [-0.15, -0.1) is 0 Å². The summed E-state index contributed by atoms with van der Waals surface area (Å²) in [7, 11) is 2.00. The molecule has 0 bridgehead atoms. The Labute approximate surface area is 112 Å². The van der Waals surface area contributed by atoms with E-state index in [0.717, 1.165) is 13.1 Å². The molecule has 1 amide bonds. The van der Waals surface area contributed by atoms with Crippen molar-refractivity contribution in [3.05, 3.63) is 29.6 Å². The lowest BCUT2D eigenvalue weighted by Crippen LogP contribution is -2.33. The molecule has 0 fully saturated rings. The normalized spacial score (nSPS) is 10.4. The number of carbonyl (C=O) groups excluding carboxylic acids is 1. The average molecular weight is 266 g/mol. The predicted molar refractivity (Wildman–Crippen MR) is 75.6 cm³/mol. The van der Waals surface area contributed by atoms with Gasteiger partial charge in [0.15, 0.2) is 0 Å². The van der Waals surface area contributed by atoms with Crippen molar-refractivity contribution in [3.63, 3.8) is 0 Å². The minimum atomic E-state index is -0.186. The van der Waals surface area contributed by atoms with Crippen LogP contribution < -0.4 is 11.1 Å². The zero-order valence-corrected chi connectivity index (χ0v) is 11.5. The molecule has 1 aromatic heterocycles. The van der Waals surface area contributed by atoms with E-state index in [1.54, 1.807) is 12.1 Å². The Balaban J connectivity index is 2.49. The zero-order chi connectivity index (χ0) is 13.5. The van der Waals surface area contributed by atoms with Gasteiger partial charge in [0.2, 0.25) is 0 Å². The highest BCUT2D eigenvalue weighted by atomic mass is 32.1. The van der Waals surface area contributed by atoms with E-state index >= 15 is 0 Å². The van der Waals surface area contributed by atoms with Crippen molar-refractivity contribution in [1.82, 2.24) is 15.2 Å². The van der Waals surface area contributed by atoms with E-state index in [4.69, 9.17) is 18.0 Å². The van der Waals surface area contributed by atoms with Gasteiger partial charge in [0.05, 0.1) is 0 Å². The molecule has 98 valence electrons. The number of nitrogens with one attached hydrogen (secondary N) is 1. The van der Waals surface area contributed by atoms with Crippen molar-refractivity contribution in [2.45, 2.75) is 6.92 Å². The lowest BCUT2D eigenvalue weighted by Gasteiger charge is -2.13. The molecule has 1 rings (SSSR count). The third-order valence-corrected chi connectivity index (χ3v) is 2.84. The molecule has 0 aliphatic carbocycles. The fourth-order valence-corrected chi connectivity index (χ4v) is 1.40. The third kappa shape index (κ3) is 4.38. The van der Waals surface area contributed by atoms with Crippen LogP contribution in [-0.2, 0) is 0 Å². The lowest BCUT2D eigenvalue weighted by atomic mass is 10.2. The number of nitrogens with two attached hydrogens (primary N) is 1. The molecule has 0 aliphatic rings. The zero-order valence-electron chi connectivity index (χ0n) is 10.6. The summed E-state index contributed by atoms with van der Waals surface area (Å²) in [6, 6.07) is 3.32.